The summed E-state index contributed by atoms with van der Waals surface area (Å²) >= 11 is 11.5. The molecule has 3 nitrogen and oxygen atoms in total. The van der Waals surface area contributed by atoms with Crippen molar-refractivity contribution in [1.82, 2.24) is 0 Å². The van der Waals surface area contributed by atoms with Crippen molar-refractivity contribution in [2.75, 3.05) is 4.72 Å². The first-order valence-corrected chi connectivity index (χ1v) is 7.78. The van der Waals surface area contributed by atoms with Gasteiger partial charge in [-0.25, -0.2) is 12.8 Å². The molecule has 0 aromatic heterocycles. The van der Waals surface area contributed by atoms with Crippen LogP contribution in [0, 0.1) is 12.7 Å². The zero-order chi connectivity index (χ0) is 14.9. The Kier molecular flexibility index (Phi) is 4.22. The number of rotatable bonds is 3. The molecule has 7 heteroatoms. The van der Waals surface area contributed by atoms with E-state index in [4.69, 9.17) is 23.2 Å². The molecule has 2 aromatic rings. The summed E-state index contributed by atoms with van der Waals surface area (Å²) in [5.74, 6) is -0.832. The van der Waals surface area contributed by atoms with Crippen LogP contribution in [0.3, 0.4) is 0 Å². The molecule has 0 fully saturated rings. The summed E-state index contributed by atoms with van der Waals surface area (Å²) in [5, 5.41) is -0.0971. The molecule has 0 saturated carbocycles. The third kappa shape index (κ3) is 3.06. The number of nitrogens with one attached hydrogen (secondary N) is 1. The predicted octanol–water partition coefficient (Wildman–Crippen LogP) is 4.24. The number of anilines is 1. The fourth-order valence-corrected chi connectivity index (χ4v) is 3.44. The minimum absolute atomic E-state index is 0.0694. The Morgan fingerprint density at radius 1 is 1.10 bits per heavy atom. The van der Waals surface area contributed by atoms with Gasteiger partial charge in [-0.05, 0) is 36.8 Å². The van der Waals surface area contributed by atoms with Gasteiger partial charge in [-0.1, -0.05) is 35.3 Å². The maximum Gasteiger partial charge on any atom is 0.263 e. The lowest BCUT2D eigenvalue weighted by Gasteiger charge is -2.11. The lowest BCUT2D eigenvalue weighted by atomic mass is 10.2. The molecule has 0 amide bonds. The summed E-state index contributed by atoms with van der Waals surface area (Å²) in [7, 11) is -3.98. The third-order valence-electron chi connectivity index (χ3n) is 2.57. The van der Waals surface area contributed by atoms with Crippen LogP contribution in [-0.4, -0.2) is 8.42 Å². The Balaban J connectivity index is 2.44. The van der Waals surface area contributed by atoms with E-state index >= 15 is 0 Å². The second-order valence-electron chi connectivity index (χ2n) is 4.14. The van der Waals surface area contributed by atoms with E-state index in [0.29, 0.717) is 0 Å². The van der Waals surface area contributed by atoms with Gasteiger partial charge in [-0.15, -0.1) is 0 Å². The van der Waals surface area contributed by atoms with E-state index in [1.54, 1.807) is 13.0 Å². The van der Waals surface area contributed by atoms with Crippen molar-refractivity contribution in [2.24, 2.45) is 0 Å². The summed E-state index contributed by atoms with van der Waals surface area (Å²) in [6, 6.07) is 8.54. The van der Waals surface area contributed by atoms with Gasteiger partial charge in [-0.2, -0.15) is 0 Å². The number of aryl methyl sites for hydroxylation is 1. The molecule has 0 radical (unpaired) electrons. The van der Waals surface area contributed by atoms with Gasteiger partial charge in [0.1, 0.15) is 4.90 Å². The van der Waals surface area contributed by atoms with E-state index < -0.39 is 15.8 Å². The standard InChI is InChI=1S/C13H10Cl2FNO2S/c1-8-5-6-12(10(15)7-8)20(18,19)17-11-4-2-3-9(14)13(11)16/h2-7,17H,1H3. The number of hydrogen-bond acceptors (Lipinski definition) is 2. The smallest absolute Gasteiger partial charge is 0.263 e. The van der Waals surface area contributed by atoms with E-state index in [0.717, 1.165) is 5.56 Å². The highest BCUT2D eigenvalue weighted by Gasteiger charge is 2.20. The highest BCUT2D eigenvalue weighted by Crippen LogP contribution is 2.27. The van der Waals surface area contributed by atoms with Gasteiger partial charge < -0.3 is 0 Å². The van der Waals surface area contributed by atoms with E-state index in [9.17, 15) is 12.8 Å². The van der Waals surface area contributed by atoms with Gasteiger partial charge in [0, 0.05) is 0 Å². The maximum atomic E-state index is 13.7. The van der Waals surface area contributed by atoms with Crippen LogP contribution < -0.4 is 4.72 Å². The van der Waals surface area contributed by atoms with Crippen LogP contribution in [0.25, 0.3) is 0 Å². The van der Waals surface area contributed by atoms with Gasteiger partial charge in [-0.3, -0.25) is 4.72 Å². The van der Waals surface area contributed by atoms with Crippen LogP contribution in [0.15, 0.2) is 41.3 Å². The average molecular weight is 334 g/mol. The van der Waals surface area contributed by atoms with Gasteiger partial charge in [0.25, 0.3) is 10.0 Å². The minimum Gasteiger partial charge on any atom is -0.277 e. The van der Waals surface area contributed by atoms with Gasteiger partial charge >= 0.3 is 0 Å². The largest absolute Gasteiger partial charge is 0.277 e. The molecule has 0 aliphatic carbocycles. The Morgan fingerprint density at radius 2 is 1.80 bits per heavy atom. The van der Waals surface area contributed by atoms with Gasteiger partial charge in [0.05, 0.1) is 15.7 Å². The lowest BCUT2D eigenvalue weighted by molar-refractivity contribution is 0.598. The molecule has 20 heavy (non-hydrogen) atoms. The normalized spacial score (nSPS) is 11.4. The molecular formula is C13H10Cl2FNO2S. The first-order valence-electron chi connectivity index (χ1n) is 5.54. The molecule has 0 saturated heterocycles. The quantitative estimate of drug-likeness (QED) is 0.912. The molecule has 0 atom stereocenters. The Bertz CT molecular complexity index is 763. The zero-order valence-corrected chi connectivity index (χ0v) is 12.7. The van der Waals surface area contributed by atoms with E-state index in [2.05, 4.69) is 4.72 Å². The van der Waals surface area contributed by atoms with E-state index in [1.165, 1.54) is 30.3 Å². The molecule has 0 spiro atoms. The minimum atomic E-state index is -3.98. The fraction of sp³-hybridized carbons (Fsp3) is 0.0769. The molecule has 1 N–H and O–H groups in total. The van der Waals surface area contributed by atoms with Crippen LogP contribution in [0.2, 0.25) is 10.0 Å². The van der Waals surface area contributed by atoms with Crippen molar-refractivity contribution >= 4 is 38.9 Å². The molecule has 0 aliphatic rings. The maximum absolute atomic E-state index is 13.7. The number of sulfonamides is 1. The summed E-state index contributed by atoms with van der Waals surface area (Å²) in [4.78, 5) is -0.121. The zero-order valence-electron chi connectivity index (χ0n) is 10.3. The number of hydrogen-bond donors (Lipinski definition) is 1. The first-order chi connectivity index (χ1) is 9.31. The molecule has 0 heterocycles. The van der Waals surface area contributed by atoms with Crippen molar-refractivity contribution in [1.29, 1.82) is 0 Å². The molecule has 0 aliphatic heterocycles. The fourth-order valence-electron chi connectivity index (χ4n) is 1.61. The summed E-state index contributed by atoms with van der Waals surface area (Å²) in [5.41, 5.74) is 0.594. The Morgan fingerprint density at radius 3 is 2.45 bits per heavy atom. The SMILES string of the molecule is Cc1ccc(S(=O)(=O)Nc2cccc(Cl)c2F)c(Cl)c1. The van der Waals surface area contributed by atoms with Crippen molar-refractivity contribution in [2.45, 2.75) is 11.8 Å². The van der Waals surface area contributed by atoms with Crippen molar-refractivity contribution < 1.29 is 12.8 Å². The first kappa shape index (κ1) is 15.1. The molecule has 0 bridgehead atoms. The Labute approximate surface area is 126 Å². The van der Waals surface area contributed by atoms with Crippen molar-refractivity contribution in [3.8, 4) is 0 Å². The number of benzene rings is 2. The van der Waals surface area contributed by atoms with Crippen LogP contribution in [-0.2, 0) is 10.0 Å². The van der Waals surface area contributed by atoms with Gasteiger partial charge in [0.2, 0.25) is 0 Å². The van der Waals surface area contributed by atoms with Gasteiger partial charge in [0.15, 0.2) is 5.82 Å². The molecule has 2 aromatic carbocycles. The summed E-state index contributed by atoms with van der Waals surface area (Å²) < 4.78 is 40.2. The molecule has 0 unspecified atom stereocenters. The Hall–Kier alpha value is -1.30. The molecule has 106 valence electrons. The highest BCUT2D eigenvalue weighted by molar-refractivity contribution is 7.92. The third-order valence-corrected chi connectivity index (χ3v) is 4.71. The molecule has 2 rings (SSSR count). The van der Waals surface area contributed by atoms with Crippen molar-refractivity contribution in [3.63, 3.8) is 0 Å². The van der Waals surface area contributed by atoms with E-state index in [1.807, 2.05) is 0 Å². The van der Waals surface area contributed by atoms with Crippen LogP contribution in [0.4, 0.5) is 10.1 Å². The monoisotopic (exact) mass is 333 g/mol. The van der Waals surface area contributed by atoms with Crippen molar-refractivity contribution in [3.05, 3.63) is 57.8 Å². The average Bonchev–Trinajstić information content (AvgIpc) is 2.34. The summed E-state index contributed by atoms with van der Waals surface area (Å²) in [6.07, 6.45) is 0. The second kappa shape index (κ2) is 5.60. The van der Waals surface area contributed by atoms with Crippen LogP contribution in [0.1, 0.15) is 5.56 Å². The molecular weight excluding hydrogens is 324 g/mol. The summed E-state index contributed by atoms with van der Waals surface area (Å²) in [6.45, 7) is 1.78. The lowest BCUT2D eigenvalue weighted by Crippen LogP contribution is -2.14. The predicted molar refractivity (Wildman–Crippen MR) is 78.4 cm³/mol. The topological polar surface area (TPSA) is 46.2 Å². The van der Waals surface area contributed by atoms with Crippen LogP contribution >= 0.6 is 23.2 Å². The van der Waals surface area contributed by atoms with E-state index in [-0.39, 0.29) is 20.6 Å². The van der Waals surface area contributed by atoms with Crippen LogP contribution in [0.5, 0.6) is 0 Å². The number of halogens is 3. The highest BCUT2D eigenvalue weighted by atomic mass is 35.5. The second-order valence-corrected chi connectivity index (χ2v) is 6.61.